The highest BCUT2D eigenvalue weighted by atomic mass is 16.2. The van der Waals surface area contributed by atoms with Crippen LogP contribution in [0.5, 0.6) is 0 Å². The van der Waals surface area contributed by atoms with Crippen molar-refractivity contribution in [2.75, 3.05) is 0 Å². The highest BCUT2D eigenvalue weighted by Gasteiger charge is 2.22. The van der Waals surface area contributed by atoms with Gasteiger partial charge in [-0.25, -0.2) is 9.78 Å². The van der Waals surface area contributed by atoms with E-state index in [2.05, 4.69) is 50.6 Å². The number of hydrogen-bond donors (Lipinski definition) is 2. The van der Waals surface area contributed by atoms with Crippen molar-refractivity contribution in [1.29, 1.82) is 0 Å². The third-order valence-electron chi connectivity index (χ3n) is 6.39. The summed E-state index contributed by atoms with van der Waals surface area (Å²) in [5.41, 5.74) is 5.10. The van der Waals surface area contributed by atoms with E-state index in [0.717, 1.165) is 23.1 Å². The van der Waals surface area contributed by atoms with Gasteiger partial charge in [0, 0.05) is 19.1 Å². The summed E-state index contributed by atoms with van der Waals surface area (Å²) in [5, 5.41) is 3.68. The van der Waals surface area contributed by atoms with Crippen LogP contribution in [-0.2, 0) is 19.5 Å². The number of H-pyrrole nitrogens is 1. The van der Waals surface area contributed by atoms with Gasteiger partial charge in [0.25, 0.3) is 5.56 Å². The van der Waals surface area contributed by atoms with E-state index in [4.69, 9.17) is 0 Å². The SMILES string of the molecule is CC.Cc1cc2nc3c(=O)[nH]c(=O)nc-3n(CC(Cc3ccccc3)NCc3ccccc3)c2cc1C. The van der Waals surface area contributed by atoms with Crippen LogP contribution in [0.25, 0.3) is 22.6 Å². The third kappa shape index (κ3) is 6.01. The van der Waals surface area contributed by atoms with Gasteiger partial charge in [0.2, 0.25) is 0 Å². The summed E-state index contributed by atoms with van der Waals surface area (Å²) in [5.74, 6) is 0.300. The number of aryl methyl sites for hydroxylation is 2. The second-order valence-corrected chi connectivity index (χ2v) is 8.94. The van der Waals surface area contributed by atoms with Crippen molar-refractivity contribution in [3.05, 3.63) is 116 Å². The van der Waals surface area contributed by atoms with Crippen LogP contribution in [0, 0.1) is 13.8 Å². The molecule has 190 valence electrons. The Balaban J connectivity index is 0.00000156. The molecule has 5 rings (SSSR count). The van der Waals surface area contributed by atoms with Gasteiger partial charge in [-0.3, -0.25) is 9.78 Å². The van der Waals surface area contributed by atoms with Crippen LogP contribution in [0.1, 0.15) is 36.1 Å². The van der Waals surface area contributed by atoms with E-state index in [1.165, 1.54) is 11.1 Å². The Labute approximate surface area is 216 Å². The fourth-order valence-corrected chi connectivity index (χ4v) is 4.41. The predicted molar refractivity (Wildman–Crippen MR) is 149 cm³/mol. The van der Waals surface area contributed by atoms with Gasteiger partial charge >= 0.3 is 5.69 Å². The van der Waals surface area contributed by atoms with Gasteiger partial charge in [-0.15, -0.1) is 0 Å². The molecule has 3 aromatic carbocycles. The second kappa shape index (κ2) is 11.8. The Hall–Kier alpha value is -4.10. The van der Waals surface area contributed by atoms with Gasteiger partial charge in [0.05, 0.1) is 11.0 Å². The lowest BCUT2D eigenvalue weighted by molar-refractivity contribution is 0.448. The lowest BCUT2D eigenvalue weighted by Crippen LogP contribution is -2.37. The largest absolute Gasteiger partial charge is 0.349 e. The smallest absolute Gasteiger partial charge is 0.321 e. The molecule has 2 aliphatic heterocycles. The molecule has 0 bridgehead atoms. The van der Waals surface area contributed by atoms with Gasteiger partial charge in [-0.2, -0.15) is 4.98 Å². The first kappa shape index (κ1) is 26.0. The fraction of sp³-hybridized carbons (Fsp3) is 0.267. The van der Waals surface area contributed by atoms with Crippen LogP contribution in [0.15, 0.2) is 82.4 Å². The van der Waals surface area contributed by atoms with E-state index in [9.17, 15) is 9.59 Å². The summed E-state index contributed by atoms with van der Waals surface area (Å²) >= 11 is 0. The molecule has 37 heavy (non-hydrogen) atoms. The van der Waals surface area contributed by atoms with Crippen LogP contribution in [-0.4, -0.2) is 25.6 Å². The lowest BCUT2D eigenvalue weighted by Gasteiger charge is -2.24. The van der Waals surface area contributed by atoms with Crippen molar-refractivity contribution in [3.8, 4) is 11.5 Å². The molecule has 7 nitrogen and oxygen atoms in total. The Morgan fingerprint density at radius 1 is 0.865 bits per heavy atom. The van der Waals surface area contributed by atoms with Crippen LogP contribution >= 0.6 is 0 Å². The highest BCUT2D eigenvalue weighted by molar-refractivity contribution is 5.81. The normalized spacial score (nSPS) is 11.8. The quantitative estimate of drug-likeness (QED) is 0.321. The minimum atomic E-state index is -0.668. The maximum Gasteiger partial charge on any atom is 0.349 e. The van der Waals surface area contributed by atoms with Gasteiger partial charge in [-0.1, -0.05) is 74.5 Å². The number of nitrogens with zero attached hydrogens (tertiary/aromatic N) is 3. The summed E-state index contributed by atoms with van der Waals surface area (Å²) in [7, 11) is 0. The average molecular weight is 496 g/mol. The molecule has 7 heteroatoms. The van der Waals surface area contributed by atoms with Gasteiger partial charge in [0.15, 0.2) is 11.5 Å². The van der Waals surface area contributed by atoms with Crippen molar-refractivity contribution in [2.45, 2.75) is 53.2 Å². The monoisotopic (exact) mass is 495 g/mol. The summed E-state index contributed by atoms with van der Waals surface area (Å²) < 4.78 is 1.96. The number of benzene rings is 3. The first-order valence-electron chi connectivity index (χ1n) is 12.7. The summed E-state index contributed by atoms with van der Waals surface area (Å²) in [6, 6.07) is 24.6. The standard InChI is InChI=1S/C28H27N5O2.C2H6/c1-18-13-23-24(14-19(18)2)33(26-25(30-23)27(34)32-28(35)31-26)17-22(15-20-9-5-3-6-10-20)29-16-21-11-7-4-8-12-21;1-2/h3-14,22,29H,15-17H2,1-2H3,(H,32,34,35);1-2H3. The fourth-order valence-electron chi connectivity index (χ4n) is 4.41. The first-order chi connectivity index (χ1) is 18.0. The van der Waals surface area contributed by atoms with Crippen molar-refractivity contribution in [3.63, 3.8) is 0 Å². The molecular weight excluding hydrogens is 462 g/mol. The molecule has 2 N–H and O–H groups in total. The molecular formula is C30H33N5O2. The summed E-state index contributed by atoms with van der Waals surface area (Å²) in [4.78, 5) is 35.8. The van der Waals surface area contributed by atoms with E-state index < -0.39 is 11.2 Å². The number of aromatic amines is 1. The van der Waals surface area contributed by atoms with Crippen molar-refractivity contribution in [1.82, 2.24) is 24.8 Å². The molecule has 1 unspecified atom stereocenters. The van der Waals surface area contributed by atoms with E-state index in [-0.39, 0.29) is 11.7 Å². The molecule has 0 spiro atoms. The number of nitrogens with one attached hydrogen (secondary N) is 2. The third-order valence-corrected chi connectivity index (χ3v) is 6.39. The number of fused-ring (bicyclic) bond motifs is 2. The average Bonchev–Trinajstić information content (AvgIpc) is 2.91. The minimum Gasteiger partial charge on any atom is -0.321 e. The van der Waals surface area contributed by atoms with Crippen LogP contribution < -0.4 is 16.6 Å². The zero-order chi connectivity index (χ0) is 26.4. The van der Waals surface area contributed by atoms with Crippen molar-refractivity contribution < 1.29 is 0 Å². The Bertz CT molecular complexity index is 1560. The van der Waals surface area contributed by atoms with Crippen LogP contribution in [0.3, 0.4) is 0 Å². The molecule has 0 saturated carbocycles. The van der Waals surface area contributed by atoms with Gasteiger partial charge in [0.1, 0.15) is 0 Å². The van der Waals surface area contributed by atoms with Crippen LogP contribution in [0.2, 0.25) is 0 Å². The molecule has 0 aliphatic carbocycles. The van der Waals surface area contributed by atoms with E-state index in [0.29, 0.717) is 24.4 Å². The Morgan fingerprint density at radius 3 is 2.16 bits per heavy atom. The summed E-state index contributed by atoms with van der Waals surface area (Å²) in [6.07, 6.45) is 0.768. The molecule has 0 amide bonds. The zero-order valence-electron chi connectivity index (χ0n) is 21.8. The molecule has 2 heterocycles. The topological polar surface area (TPSA) is 92.7 Å². The molecule has 1 atom stereocenters. The number of rotatable bonds is 7. The molecule has 0 radical (unpaired) electrons. The minimum absolute atomic E-state index is 0.00852. The van der Waals surface area contributed by atoms with Crippen molar-refractivity contribution >= 4 is 11.0 Å². The maximum atomic E-state index is 12.6. The Kier molecular flexibility index (Phi) is 8.25. The number of aromatic nitrogens is 4. The summed E-state index contributed by atoms with van der Waals surface area (Å²) in [6.45, 7) is 9.27. The van der Waals surface area contributed by atoms with Crippen LogP contribution in [0.4, 0.5) is 0 Å². The molecule has 3 aromatic rings. The molecule has 0 saturated heterocycles. The predicted octanol–water partition coefficient (Wildman–Crippen LogP) is 4.63. The van der Waals surface area contributed by atoms with E-state index >= 15 is 0 Å². The van der Waals surface area contributed by atoms with Gasteiger partial charge in [-0.05, 0) is 54.7 Å². The zero-order valence-corrected chi connectivity index (χ0v) is 21.8. The molecule has 0 aromatic heterocycles. The second-order valence-electron chi connectivity index (χ2n) is 8.94. The lowest BCUT2D eigenvalue weighted by atomic mass is 10.0. The van der Waals surface area contributed by atoms with E-state index in [1.807, 2.05) is 74.7 Å². The highest BCUT2D eigenvalue weighted by Crippen LogP contribution is 2.24. The maximum absolute atomic E-state index is 12.6. The Morgan fingerprint density at radius 2 is 1.49 bits per heavy atom. The van der Waals surface area contributed by atoms with E-state index in [1.54, 1.807) is 0 Å². The molecule has 2 aliphatic rings. The first-order valence-corrected chi connectivity index (χ1v) is 12.7. The van der Waals surface area contributed by atoms with Crippen molar-refractivity contribution in [2.24, 2.45) is 0 Å². The van der Waals surface area contributed by atoms with Gasteiger partial charge < -0.3 is 9.88 Å². The molecule has 0 fully saturated rings. The number of hydrogen-bond acceptors (Lipinski definition) is 5.